The average Bonchev–Trinajstić information content (AvgIpc) is 2.02. The van der Waals surface area contributed by atoms with Crippen molar-refractivity contribution in [3.63, 3.8) is 0 Å². The van der Waals surface area contributed by atoms with E-state index in [4.69, 9.17) is 8.85 Å². The van der Waals surface area contributed by atoms with E-state index in [9.17, 15) is 0 Å². The number of hydrogen-bond acceptors (Lipinski definition) is 2. The van der Waals surface area contributed by atoms with Crippen molar-refractivity contribution in [2.75, 3.05) is 14.2 Å². The summed E-state index contributed by atoms with van der Waals surface area (Å²) in [4.78, 5) is 0. The first-order valence-corrected chi connectivity index (χ1v) is 6.73. The number of hydrogen-bond donors (Lipinski definition) is 0. The second-order valence-corrected chi connectivity index (χ2v) is 8.23. The van der Waals surface area contributed by atoms with Crippen LogP contribution in [0.15, 0.2) is 0 Å². The van der Waals surface area contributed by atoms with Gasteiger partial charge in [0.15, 0.2) is 0 Å². The average molecular weight is 190 g/mol. The van der Waals surface area contributed by atoms with Crippen LogP contribution in [0.5, 0.6) is 0 Å². The summed E-state index contributed by atoms with van der Waals surface area (Å²) in [7, 11) is 1.51. The highest BCUT2D eigenvalue weighted by atomic mass is 28.4. The molecule has 3 heteroatoms. The third-order valence-electron chi connectivity index (χ3n) is 3.39. The molecule has 0 heterocycles. The van der Waals surface area contributed by atoms with Crippen LogP contribution in [0, 0.1) is 5.92 Å². The molecule has 0 saturated heterocycles. The van der Waals surface area contributed by atoms with E-state index in [2.05, 4.69) is 34.2 Å². The lowest BCUT2D eigenvalue weighted by Crippen LogP contribution is -2.49. The molecule has 0 spiro atoms. The van der Waals surface area contributed by atoms with Crippen molar-refractivity contribution in [2.24, 2.45) is 5.92 Å². The molecule has 0 bridgehead atoms. The Hall–Kier alpha value is 0.137. The lowest BCUT2D eigenvalue weighted by molar-refractivity contribution is 0.199. The summed E-state index contributed by atoms with van der Waals surface area (Å²) in [5.41, 5.74) is 0. The SMILES string of the molecule is CO[Si](C)(OC)C(C)(C)C(C)C. The van der Waals surface area contributed by atoms with Gasteiger partial charge in [-0.3, -0.25) is 0 Å². The first kappa shape index (κ1) is 12.1. The van der Waals surface area contributed by atoms with Gasteiger partial charge < -0.3 is 8.85 Å². The summed E-state index contributed by atoms with van der Waals surface area (Å²) < 4.78 is 11.1. The second-order valence-electron chi connectivity index (χ2n) is 4.23. The fraction of sp³-hybridized carbons (Fsp3) is 1.00. The molecule has 0 unspecified atom stereocenters. The van der Waals surface area contributed by atoms with E-state index in [-0.39, 0.29) is 5.04 Å². The topological polar surface area (TPSA) is 18.5 Å². The molecule has 0 saturated carbocycles. The van der Waals surface area contributed by atoms with Gasteiger partial charge in [-0.25, -0.2) is 0 Å². The quantitative estimate of drug-likeness (QED) is 0.635. The van der Waals surface area contributed by atoms with Crippen LogP contribution in [0.3, 0.4) is 0 Å². The monoisotopic (exact) mass is 190 g/mol. The highest BCUT2D eigenvalue weighted by Gasteiger charge is 2.48. The molecule has 0 fully saturated rings. The zero-order valence-corrected chi connectivity index (χ0v) is 10.4. The minimum Gasteiger partial charge on any atom is -0.397 e. The molecule has 0 aliphatic rings. The van der Waals surface area contributed by atoms with Gasteiger partial charge in [0.2, 0.25) is 0 Å². The Morgan fingerprint density at radius 3 is 1.50 bits per heavy atom. The van der Waals surface area contributed by atoms with Crippen LogP contribution >= 0.6 is 0 Å². The van der Waals surface area contributed by atoms with Crippen molar-refractivity contribution < 1.29 is 8.85 Å². The van der Waals surface area contributed by atoms with E-state index in [1.54, 1.807) is 14.2 Å². The van der Waals surface area contributed by atoms with Crippen LogP contribution < -0.4 is 0 Å². The molecule has 0 atom stereocenters. The molecule has 0 radical (unpaired) electrons. The van der Waals surface area contributed by atoms with Crippen molar-refractivity contribution >= 4 is 8.56 Å². The highest BCUT2D eigenvalue weighted by molar-refractivity contribution is 6.69. The summed E-state index contributed by atoms with van der Waals surface area (Å²) in [6.07, 6.45) is 0. The fourth-order valence-electron chi connectivity index (χ4n) is 1.13. The summed E-state index contributed by atoms with van der Waals surface area (Å²) in [6, 6.07) is 0. The van der Waals surface area contributed by atoms with Gasteiger partial charge in [-0.15, -0.1) is 0 Å². The molecule has 0 aliphatic carbocycles. The van der Waals surface area contributed by atoms with Crippen LogP contribution in [0.1, 0.15) is 27.7 Å². The summed E-state index contributed by atoms with van der Waals surface area (Å²) in [5, 5.41) is 0.149. The molecular weight excluding hydrogens is 168 g/mol. The van der Waals surface area contributed by atoms with Gasteiger partial charge in [-0.2, -0.15) is 0 Å². The van der Waals surface area contributed by atoms with E-state index in [0.29, 0.717) is 5.92 Å². The van der Waals surface area contributed by atoms with Crippen LogP contribution in [0.25, 0.3) is 0 Å². The van der Waals surface area contributed by atoms with Gasteiger partial charge in [0.1, 0.15) is 0 Å². The molecule has 0 amide bonds. The minimum absolute atomic E-state index is 0.149. The first-order valence-electron chi connectivity index (χ1n) is 4.42. The Morgan fingerprint density at radius 2 is 1.42 bits per heavy atom. The summed E-state index contributed by atoms with van der Waals surface area (Å²) >= 11 is 0. The van der Waals surface area contributed by atoms with Crippen LogP contribution in [0.4, 0.5) is 0 Å². The Kier molecular flexibility index (Phi) is 3.94. The van der Waals surface area contributed by atoms with E-state index < -0.39 is 8.56 Å². The molecule has 0 aromatic rings. The van der Waals surface area contributed by atoms with Crippen LogP contribution in [-0.4, -0.2) is 22.8 Å². The third-order valence-corrected chi connectivity index (χ3v) is 7.87. The van der Waals surface area contributed by atoms with Gasteiger partial charge in [0.05, 0.1) is 0 Å². The largest absolute Gasteiger partial charge is 0.397 e. The molecule has 0 aromatic carbocycles. The lowest BCUT2D eigenvalue weighted by atomic mass is 9.99. The van der Waals surface area contributed by atoms with E-state index in [1.807, 2.05) is 0 Å². The maximum absolute atomic E-state index is 5.53. The molecule has 0 N–H and O–H groups in total. The van der Waals surface area contributed by atoms with E-state index in [1.165, 1.54) is 0 Å². The third kappa shape index (κ3) is 1.89. The molecule has 2 nitrogen and oxygen atoms in total. The summed E-state index contributed by atoms with van der Waals surface area (Å²) in [5.74, 6) is 0.578. The molecule has 12 heavy (non-hydrogen) atoms. The van der Waals surface area contributed by atoms with E-state index >= 15 is 0 Å². The standard InChI is InChI=1S/C9H22O2Si/c1-8(2)9(3,4)12(7,10-5)11-6/h8H,1-7H3. The highest BCUT2D eigenvalue weighted by Crippen LogP contribution is 2.44. The van der Waals surface area contributed by atoms with Gasteiger partial charge in [0, 0.05) is 19.3 Å². The molecule has 74 valence electrons. The van der Waals surface area contributed by atoms with Crippen molar-refractivity contribution in [3.05, 3.63) is 0 Å². The minimum atomic E-state index is -1.99. The first-order chi connectivity index (χ1) is 5.31. The maximum Gasteiger partial charge on any atom is 0.340 e. The molecule has 0 aromatic heterocycles. The predicted octanol–water partition coefficient (Wildman–Crippen LogP) is 2.79. The summed E-state index contributed by atoms with van der Waals surface area (Å²) in [6.45, 7) is 11.0. The molecule has 0 rings (SSSR count). The van der Waals surface area contributed by atoms with Crippen molar-refractivity contribution in [3.8, 4) is 0 Å². The fourth-order valence-corrected chi connectivity index (χ4v) is 3.40. The van der Waals surface area contributed by atoms with Crippen molar-refractivity contribution in [1.82, 2.24) is 0 Å². The Labute approximate surface area is 77.5 Å². The van der Waals surface area contributed by atoms with E-state index in [0.717, 1.165) is 0 Å². The van der Waals surface area contributed by atoms with Crippen molar-refractivity contribution in [1.29, 1.82) is 0 Å². The Balaban J connectivity index is 4.70. The molecule has 0 aliphatic heterocycles. The Morgan fingerprint density at radius 1 is 1.08 bits per heavy atom. The normalized spacial score (nSPS) is 14.0. The Bertz CT molecular complexity index is 137. The zero-order valence-electron chi connectivity index (χ0n) is 9.39. The predicted molar refractivity (Wildman–Crippen MR) is 54.5 cm³/mol. The van der Waals surface area contributed by atoms with Gasteiger partial charge >= 0.3 is 8.56 Å². The maximum atomic E-state index is 5.53. The smallest absolute Gasteiger partial charge is 0.340 e. The second kappa shape index (κ2) is 3.90. The van der Waals surface area contributed by atoms with Crippen LogP contribution in [-0.2, 0) is 8.85 Å². The van der Waals surface area contributed by atoms with Gasteiger partial charge in [0.25, 0.3) is 0 Å². The number of rotatable bonds is 4. The van der Waals surface area contributed by atoms with Gasteiger partial charge in [-0.05, 0) is 12.5 Å². The van der Waals surface area contributed by atoms with Crippen molar-refractivity contribution in [2.45, 2.75) is 39.3 Å². The zero-order chi connectivity index (χ0) is 9.99. The molecular formula is C9H22O2Si. The lowest BCUT2D eigenvalue weighted by Gasteiger charge is -2.41. The van der Waals surface area contributed by atoms with Crippen LogP contribution in [0.2, 0.25) is 11.6 Å². The van der Waals surface area contributed by atoms with Gasteiger partial charge in [-0.1, -0.05) is 27.7 Å².